The molecule has 0 radical (unpaired) electrons. The van der Waals surface area contributed by atoms with E-state index in [1.165, 1.54) is 17.5 Å². The monoisotopic (exact) mass is 210 g/mol. The molecule has 1 heterocycles. The largest absolute Gasteiger partial charge is 0.471 e. The molecule has 1 amide bonds. The molecule has 0 aliphatic rings. The summed E-state index contributed by atoms with van der Waals surface area (Å²) in [6, 6.07) is 0. The number of alkyl halides is 3. The maximum absolute atomic E-state index is 11.6. The van der Waals surface area contributed by atoms with Crippen LogP contribution in [-0.2, 0) is 11.3 Å². The van der Waals surface area contributed by atoms with Gasteiger partial charge in [-0.1, -0.05) is 0 Å². The Hall–Kier alpha value is -1.11. The van der Waals surface area contributed by atoms with Crippen molar-refractivity contribution in [2.45, 2.75) is 12.7 Å². The van der Waals surface area contributed by atoms with Gasteiger partial charge in [0.05, 0.1) is 6.54 Å². The molecule has 3 nitrogen and oxygen atoms in total. The summed E-state index contributed by atoms with van der Waals surface area (Å²) >= 11 is 1.18. The molecule has 0 saturated heterocycles. The van der Waals surface area contributed by atoms with Crippen molar-refractivity contribution >= 4 is 17.2 Å². The van der Waals surface area contributed by atoms with Gasteiger partial charge in [0.2, 0.25) is 0 Å². The van der Waals surface area contributed by atoms with E-state index in [1.54, 1.807) is 10.7 Å². The first-order valence-electron chi connectivity index (χ1n) is 3.23. The molecule has 0 atom stereocenters. The highest BCUT2D eigenvalue weighted by atomic mass is 32.1. The van der Waals surface area contributed by atoms with Crippen LogP contribution in [0.3, 0.4) is 0 Å². The highest BCUT2D eigenvalue weighted by Crippen LogP contribution is 2.14. The van der Waals surface area contributed by atoms with Gasteiger partial charge in [0.15, 0.2) is 0 Å². The first-order chi connectivity index (χ1) is 6.00. The normalized spacial score (nSPS) is 11.3. The van der Waals surface area contributed by atoms with Gasteiger partial charge in [0.1, 0.15) is 5.01 Å². The number of rotatable bonds is 2. The predicted octanol–water partition coefficient (Wildman–Crippen LogP) is 1.32. The summed E-state index contributed by atoms with van der Waals surface area (Å²) < 4.78 is 34.9. The van der Waals surface area contributed by atoms with Gasteiger partial charge >= 0.3 is 12.1 Å². The first-order valence-corrected chi connectivity index (χ1v) is 4.11. The first kappa shape index (κ1) is 9.97. The van der Waals surface area contributed by atoms with Crippen LogP contribution >= 0.6 is 11.3 Å². The molecule has 0 fully saturated rings. The van der Waals surface area contributed by atoms with Crippen molar-refractivity contribution in [1.29, 1.82) is 0 Å². The van der Waals surface area contributed by atoms with E-state index >= 15 is 0 Å². The summed E-state index contributed by atoms with van der Waals surface area (Å²) in [4.78, 5) is 14.0. The molecule has 1 N–H and O–H groups in total. The SMILES string of the molecule is O=C(NCc1nccs1)C(F)(F)F. The number of aromatic nitrogens is 1. The zero-order valence-electron chi connectivity index (χ0n) is 6.26. The van der Waals surface area contributed by atoms with E-state index in [-0.39, 0.29) is 6.54 Å². The lowest BCUT2D eigenvalue weighted by Crippen LogP contribution is -2.36. The maximum atomic E-state index is 11.6. The quantitative estimate of drug-likeness (QED) is 0.799. The summed E-state index contributed by atoms with van der Waals surface area (Å²) in [6.07, 6.45) is -3.36. The molecule has 1 rings (SSSR count). The molecule has 72 valence electrons. The maximum Gasteiger partial charge on any atom is 0.471 e. The van der Waals surface area contributed by atoms with Crippen molar-refractivity contribution in [2.75, 3.05) is 0 Å². The van der Waals surface area contributed by atoms with Gasteiger partial charge in [-0.2, -0.15) is 13.2 Å². The summed E-state index contributed by atoms with van der Waals surface area (Å²) in [5.41, 5.74) is 0. The lowest BCUT2D eigenvalue weighted by Gasteiger charge is -2.05. The Kier molecular flexibility index (Phi) is 2.86. The fourth-order valence-corrected chi connectivity index (χ4v) is 1.15. The summed E-state index contributed by atoms with van der Waals surface area (Å²) in [5.74, 6) is -1.94. The van der Waals surface area contributed by atoms with Crippen LogP contribution in [0.2, 0.25) is 0 Å². The number of thiazole rings is 1. The van der Waals surface area contributed by atoms with E-state index in [1.807, 2.05) is 0 Å². The van der Waals surface area contributed by atoms with E-state index in [9.17, 15) is 18.0 Å². The van der Waals surface area contributed by atoms with Crippen LogP contribution in [0.1, 0.15) is 5.01 Å². The lowest BCUT2D eigenvalue weighted by molar-refractivity contribution is -0.173. The van der Waals surface area contributed by atoms with Gasteiger partial charge in [-0.05, 0) is 0 Å². The van der Waals surface area contributed by atoms with Crippen molar-refractivity contribution < 1.29 is 18.0 Å². The van der Waals surface area contributed by atoms with E-state index in [2.05, 4.69) is 4.98 Å². The number of nitrogens with one attached hydrogen (secondary N) is 1. The number of hydrogen-bond donors (Lipinski definition) is 1. The summed E-state index contributed by atoms with van der Waals surface area (Å²) in [6.45, 7) is -0.185. The van der Waals surface area contributed by atoms with E-state index in [0.717, 1.165) is 0 Å². The molecule has 0 aliphatic carbocycles. The number of hydrogen-bond acceptors (Lipinski definition) is 3. The third-order valence-electron chi connectivity index (χ3n) is 1.14. The topological polar surface area (TPSA) is 42.0 Å². The fourth-order valence-electron chi connectivity index (χ4n) is 0.596. The van der Waals surface area contributed by atoms with Gasteiger partial charge in [0.25, 0.3) is 0 Å². The zero-order chi connectivity index (χ0) is 9.90. The Morgan fingerprint density at radius 1 is 1.62 bits per heavy atom. The minimum absolute atomic E-state index is 0.185. The molecule has 1 aromatic rings. The molecule has 0 aliphatic heterocycles. The molecular formula is C6H5F3N2OS. The van der Waals surface area contributed by atoms with Crippen LogP contribution in [-0.4, -0.2) is 17.1 Å². The van der Waals surface area contributed by atoms with Crippen molar-refractivity contribution in [3.63, 3.8) is 0 Å². The van der Waals surface area contributed by atoms with Crippen LogP contribution in [0.25, 0.3) is 0 Å². The molecule has 0 unspecified atom stereocenters. The van der Waals surface area contributed by atoms with Crippen molar-refractivity contribution in [2.24, 2.45) is 0 Å². The number of nitrogens with zero attached hydrogens (tertiary/aromatic N) is 1. The van der Waals surface area contributed by atoms with Crippen molar-refractivity contribution in [3.05, 3.63) is 16.6 Å². The van der Waals surface area contributed by atoms with Gasteiger partial charge in [-0.25, -0.2) is 4.98 Å². The molecule has 13 heavy (non-hydrogen) atoms. The smallest absolute Gasteiger partial charge is 0.342 e. The second kappa shape index (κ2) is 3.73. The second-order valence-corrected chi connectivity index (χ2v) is 3.09. The molecule has 0 saturated carbocycles. The standard InChI is InChI=1S/C6H5F3N2OS/c7-6(8,9)5(12)11-3-4-10-1-2-13-4/h1-2H,3H2,(H,11,12). The van der Waals surface area contributed by atoms with E-state index < -0.39 is 12.1 Å². The van der Waals surface area contributed by atoms with E-state index in [0.29, 0.717) is 5.01 Å². The number of halogens is 3. The molecule has 0 aromatic carbocycles. The Bertz CT molecular complexity index is 283. The Morgan fingerprint density at radius 3 is 2.77 bits per heavy atom. The second-order valence-electron chi connectivity index (χ2n) is 2.11. The van der Waals surface area contributed by atoms with Crippen LogP contribution in [0.5, 0.6) is 0 Å². The van der Waals surface area contributed by atoms with Crippen LogP contribution in [0, 0.1) is 0 Å². The highest BCUT2D eigenvalue weighted by molar-refractivity contribution is 7.09. The van der Waals surface area contributed by atoms with Gasteiger partial charge in [-0.15, -0.1) is 11.3 Å². The average molecular weight is 210 g/mol. The van der Waals surface area contributed by atoms with Gasteiger partial charge in [0, 0.05) is 11.6 Å². The number of carbonyl (C=O) groups excluding carboxylic acids is 1. The van der Waals surface area contributed by atoms with Crippen molar-refractivity contribution in [3.8, 4) is 0 Å². The number of carbonyl (C=O) groups is 1. The zero-order valence-corrected chi connectivity index (χ0v) is 7.08. The fraction of sp³-hybridized carbons (Fsp3) is 0.333. The van der Waals surface area contributed by atoms with Crippen LogP contribution < -0.4 is 5.32 Å². The minimum atomic E-state index is -4.82. The minimum Gasteiger partial charge on any atom is -0.342 e. The van der Waals surface area contributed by atoms with Crippen LogP contribution in [0.15, 0.2) is 11.6 Å². The molecule has 0 bridgehead atoms. The molecular weight excluding hydrogens is 205 g/mol. The van der Waals surface area contributed by atoms with Gasteiger partial charge < -0.3 is 5.32 Å². The van der Waals surface area contributed by atoms with Gasteiger partial charge in [-0.3, -0.25) is 4.79 Å². The Labute approximate surface area is 75.6 Å². The Morgan fingerprint density at radius 2 is 2.31 bits per heavy atom. The third kappa shape index (κ3) is 3.02. The molecule has 7 heteroatoms. The Balaban J connectivity index is 2.40. The molecule has 0 spiro atoms. The third-order valence-corrected chi connectivity index (χ3v) is 1.92. The summed E-state index contributed by atoms with van der Waals surface area (Å²) in [5, 5.41) is 3.77. The van der Waals surface area contributed by atoms with Crippen molar-refractivity contribution in [1.82, 2.24) is 10.3 Å². The lowest BCUT2D eigenvalue weighted by atomic mass is 10.5. The average Bonchev–Trinajstić information content (AvgIpc) is 2.50. The highest BCUT2D eigenvalue weighted by Gasteiger charge is 2.38. The molecule has 1 aromatic heterocycles. The summed E-state index contributed by atoms with van der Waals surface area (Å²) in [7, 11) is 0. The number of amides is 1. The predicted molar refractivity (Wildman–Crippen MR) is 40.0 cm³/mol. The van der Waals surface area contributed by atoms with E-state index in [4.69, 9.17) is 0 Å². The van der Waals surface area contributed by atoms with Crippen LogP contribution in [0.4, 0.5) is 13.2 Å².